The van der Waals surface area contributed by atoms with Gasteiger partial charge in [0.05, 0.1) is 26.0 Å². The molecule has 1 aromatic heterocycles. The largest absolute Gasteiger partial charge is 0.506 e. The monoisotopic (exact) mass is 489 g/mol. The van der Waals surface area contributed by atoms with Crippen LogP contribution in [-0.2, 0) is 17.7 Å². The van der Waals surface area contributed by atoms with Crippen molar-refractivity contribution in [1.29, 1.82) is 0 Å². The first-order valence-electron chi connectivity index (χ1n) is 12.7. The van der Waals surface area contributed by atoms with E-state index < -0.39 is 11.5 Å². The molecule has 0 saturated carbocycles. The Morgan fingerprint density at radius 2 is 1.92 bits per heavy atom. The summed E-state index contributed by atoms with van der Waals surface area (Å²) in [5.41, 5.74) is 4.29. The quantitative estimate of drug-likeness (QED) is 0.318. The van der Waals surface area contributed by atoms with Crippen LogP contribution in [0.25, 0.3) is 11.3 Å². The third-order valence-corrected chi connectivity index (χ3v) is 7.08. The van der Waals surface area contributed by atoms with E-state index in [1.807, 2.05) is 43.3 Å². The Morgan fingerprint density at radius 1 is 1.19 bits per heavy atom. The van der Waals surface area contributed by atoms with E-state index in [9.17, 15) is 14.7 Å². The summed E-state index contributed by atoms with van der Waals surface area (Å²) in [7, 11) is 1.22. The predicted molar refractivity (Wildman–Crippen MR) is 141 cm³/mol. The number of aromatic hydroxyl groups is 1. The molecule has 1 unspecified atom stereocenters. The highest BCUT2D eigenvalue weighted by Gasteiger charge is 2.36. The number of pyridine rings is 1. The van der Waals surface area contributed by atoms with Gasteiger partial charge in [0.15, 0.2) is 5.56 Å². The number of methoxy groups -OCH3 is 1. The molecule has 1 heterocycles. The highest BCUT2D eigenvalue weighted by atomic mass is 16.5. The molecule has 0 aliphatic heterocycles. The van der Waals surface area contributed by atoms with Gasteiger partial charge in [-0.2, -0.15) is 0 Å². The summed E-state index contributed by atoms with van der Waals surface area (Å²) >= 11 is 0. The topological polar surface area (TPSA) is 77.8 Å². The zero-order chi connectivity index (χ0) is 26.0. The molecule has 6 heteroatoms. The number of carbonyl (C=O) groups excluding carboxylic acids is 1. The Kier molecular flexibility index (Phi) is 7.53. The summed E-state index contributed by atoms with van der Waals surface area (Å²) in [5.74, 6) is -0.185. The van der Waals surface area contributed by atoms with Crippen LogP contribution in [0.1, 0.15) is 72.1 Å². The van der Waals surface area contributed by atoms with E-state index in [4.69, 9.17) is 9.47 Å². The summed E-state index contributed by atoms with van der Waals surface area (Å²) in [5, 5.41) is 11.4. The van der Waals surface area contributed by atoms with Crippen LogP contribution < -0.4 is 10.3 Å². The van der Waals surface area contributed by atoms with Gasteiger partial charge in [-0.05, 0) is 60.4 Å². The van der Waals surface area contributed by atoms with Gasteiger partial charge in [-0.25, -0.2) is 4.79 Å². The Balaban J connectivity index is 2.02. The first-order valence-corrected chi connectivity index (χ1v) is 12.7. The van der Waals surface area contributed by atoms with Gasteiger partial charge in [-0.3, -0.25) is 4.79 Å². The van der Waals surface area contributed by atoms with E-state index in [-0.39, 0.29) is 29.7 Å². The second-order valence-electron chi connectivity index (χ2n) is 9.89. The van der Waals surface area contributed by atoms with Crippen LogP contribution >= 0.6 is 0 Å². The molecule has 3 aromatic rings. The normalized spacial score (nSPS) is 14.3. The molecule has 0 amide bonds. The smallest absolute Gasteiger partial charge is 0.347 e. The van der Waals surface area contributed by atoms with E-state index in [0.717, 1.165) is 40.8 Å². The number of aryl methyl sites for hydroxylation is 1. The molecular weight excluding hydrogens is 454 g/mol. The van der Waals surface area contributed by atoms with Crippen LogP contribution in [0.15, 0.2) is 47.3 Å². The minimum Gasteiger partial charge on any atom is -0.506 e. The standard InChI is InChI=1S/C30H35NO5/c1-6-7-13-36-24-16-21-15-22(18(2)3)25-27(23(21)14-19(24)4)31(17-20-11-9-8-10-12-20)29(33)26(28(25)32)30(34)35-5/h8-12,14,16,18,22,32H,6-7,13,15,17H2,1-5H3. The number of ether oxygens (including phenoxy) is 2. The van der Waals surface area contributed by atoms with Crippen molar-refractivity contribution in [2.75, 3.05) is 13.7 Å². The van der Waals surface area contributed by atoms with Crippen LogP contribution in [0.2, 0.25) is 0 Å². The van der Waals surface area contributed by atoms with Gasteiger partial charge in [-0.15, -0.1) is 0 Å². The van der Waals surface area contributed by atoms with Crippen LogP contribution in [0.3, 0.4) is 0 Å². The van der Waals surface area contributed by atoms with Crippen LogP contribution in [0.4, 0.5) is 0 Å². The van der Waals surface area contributed by atoms with Crippen molar-refractivity contribution in [3.63, 3.8) is 0 Å². The van der Waals surface area contributed by atoms with Crippen molar-refractivity contribution in [1.82, 2.24) is 4.57 Å². The maximum atomic E-state index is 13.8. The van der Waals surface area contributed by atoms with E-state index in [2.05, 4.69) is 26.8 Å². The Labute approximate surface area is 212 Å². The first-order chi connectivity index (χ1) is 17.3. The Hall–Kier alpha value is -3.54. The zero-order valence-corrected chi connectivity index (χ0v) is 21.8. The molecule has 0 saturated heterocycles. The summed E-state index contributed by atoms with van der Waals surface area (Å²) in [6.07, 6.45) is 2.71. The van der Waals surface area contributed by atoms with Gasteiger partial charge in [0, 0.05) is 11.1 Å². The molecule has 0 fully saturated rings. The summed E-state index contributed by atoms with van der Waals surface area (Å²) < 4.78 is 12.6. The van der Waals surface area contributed by atoms with E-state index in [1.165, 1.54) is 7.11 Å². The van der Waals surface area contributed by atoms with Crippen molar-refractivity contribution >= 4 is 5.97 Å². The molecule has 0 radical (unpaired) electrons. The maximum absolute atomic E-state index is 13.8. The van der Waals surface area contributed by atoms with E-state index >= 15 is 0 Å². The number of hydrogen-bond acceptors (Lipinski definition) is 5. The fourth-order valence-corrected chi connectivity index (χ4v) is 5.08. The lowest BCUT2D eigenvalue weighted by Gasteiger charge is -2.34. The highest BCUT2D eigenvalue weighted by molar-refractivity contribution is 5.94. The molecular formula is C30H35NO5. The minimum absolute atomic E-state index is 0.0928. The van der Waals surface area contributed by atoms with Gasteiger partial charge in [0.2, 0.25) is 0 Å². The lowest BCUT2D eigenvalue weighted by molar-refractivity contribution is 0.0594. The van der Waals surface area contributed by atoms with Crippen molar-refractivity contribution in [2.45, 2.75) is 59.4 Å². The van der Waals surface area contributed by atoms with Gasteiger partial charge < -0.3 is 19.1 Å². The van der Waals surface area contributed by atoms with Gasteiger partial charge >= 0.3 is 5.97 Å². The van der Waals surface area contributed by atoms with Crippen molar-refractivity contribution in [3.05, 3.63) is 80.6 Å². The molecule has 1 aliphatic carbocycles. The molecule has 4 rings (SSSR count). The van der Waals surface area contributed by atoms with E-state index in [1.54, 1.807) is 4.57 Å². The molecule has 2 aromatic carbocycles. The fourth-order valence-electron chi connectivity index (χ4n) is 5.08. The molecule has 1 atom stereocenters. The zero-order valence-electron chi connectivity index (χ0n) is 21.8. The average Bonchev–Trinajstić information content (AvgIpc) is 2.86. The lowest BCUT2D eigenvalue weighted by atomic mass is 9.74. The van der Waals surface area contributed by atoms with Crippen molar-refractivity contribution in [2.24, 2.45) is 5.92 Å². The van der Waals surface area contributed by atoms with Gasteiger partial charge in [0.25, 0.3) is 5.56 Å². The molecule has 0 spiro atoms. The number of rotatable bonds is 8. The van der Waals surface area contributed by atoms with Crippen LogP contribution in [0, 0.1) is 12.8 Å². The SMILES string of the molecule is CCCCOc1cc2c(cc1C)-c1c(c(O)c(C(=O)OC)c(=O)n1Cc1ccccc1)C(C(C)C)C2. The molecule has 6 nitrogen and oxygen atoms in total. The lowest BCUT2D eigenvalue weighted by Crippen LogP contribution is -2.33. The summed E-state index contributed by atoms with van der Waals surface area (Å²) in [4.78, 5) is 26.4. The number of nitrogens with zero attached hydrogens (tertiary/aromatic N) is 1. The number of fused-ring (bicyclic) bond motifs is 3. The molecule has 190 valence electrons. The molecule has 1 aliphatic rings. The van der Waals surface area contributed by atoms with Gasteiger partial charge in [-0.1, -0.05) is 57.5 Å². The number of hydrogen-bond donors (Lipinski definition) is 1. The van der Waals surface area contributed by atoms with Crippen molar-refractivity contribution in [3.8, 4) is 22.8 Å². The second-order valence-corrected chi connectivity index (χ2v) is 9.89. The number of aromatic nitrogens is 1. The van der Waals surface area contributed by atoms with Crippen LogP contribution in [0.5, 0.6) is 11.5 Å². The second kappa shape index (κ2) is 10.6. The molecule has 36 heavy (non-hydrogen) atoms. The number of benzene rings is 2. The van der Waals surface area contributed by atoms with E-state index in [0.29, 0.717) is 24.3 Å². The summed E-state index contributed by atoms with van der Waals surface area (Å²) in [6, 6.07) is 13.8. The number of esters is 1. The van der Waals surface area contributed by atoms with Crippen molar-refractivity contribution < 1.29 is 19.4 Å². The van der Waals surface area contributed by atoms with Gasteiger partial charge in [0.1, 0.15) is 11.5 Å². The molecule has 1 N–H and O–H groups in total. The third kappa shape index (κ3) is 4.64. The Bertz CT molecular complexity index is 1320. The third-order valence-electron chi connectivity index (χ3n) is 7.08. The number of unbranched alkanes of at least 4 members (excludes halogenated alkanes) is 1. The highest BCUT2D eigenvalue weighted by Crippen LogP contribution is 2.48. The average molecular weight is 490 g/mol. The summed E-state index contributed by atoms with van der Waals surface area (Å²) in [6.45, 7) is 9.24. The number of carbonyl (C=O) groups is 1. The van der Waals surface area contributed by atoms with Crippen LogP contribution in [-0.4, -0.2) is 29.4 Å². The minimum atomic E-state index is -0.828. The fraction of sp³-hybridized carbons (Fsp3) is 0.400. The Morgan fingerprint density at radius 3 is 2.56 bits per heavy atom. The maximum Gasteiger partial charge on any atom is 0.347 e. The first kappa shape index (κ1) is 25.5. The predicted octanol–water partition coefficient (Wildman–Crippen LogP) is 5.84. The molecule has 0 bridgehead atoms.